The summed E-state index contributed by atoms with van der Waals surface area (Å²) in [5.41, 5.74) is 1.40. The van der Waals surface area contributed by atoms with E-state index >= 15 is 0 Å². The monoisotopic (exact) mass is 283 g/mol. The Hall–Kier alpha value is -1.23. The van der Waals surface area contributed by atoms with Crippen LogP contribution in [-0.4, -0.2) is 26.1 Å². The van der Waals surface area contributed by atoms with Gasteiger partial charge in [-0.1, -0.05) is 0 Å². The molecule has 0 fully saturated rings. The van der Waals surface area contributed by atoms with E-state index in [1.165, 1.54) is 6.66 Å². The Kier molecular flexibility index (Phi) is 3.29. The molecular formula is C12H18N3O3P. The number of pyridine rings is 1. The van der Waals surface area contributed by atoms with E-state index in [4.69, 9.17) is 4.52 Å². The summed E-state index contributed by atoms with van der Waals surface area (Å²) in [5.74, 6) is 0.687. The summed E-state index contributed by atoms with van der Waals surface area (Å²) in [6.07, 6.45) is 1.74. The van der Waals surface area contributed by atoms with Crippen LogP contribution in [0.2, 0.25) is 0 Å². The van der Waals surface area contributed by atoms with Crippen LogP contribution in [0.15, 0.2) is 12.3 Å². The molecule has 0 bridgehead atoms. The van der Waals surface area contributed by atoms with Crippen molar-refractivity contribution in [3.8, 4) is 0 Å². The SMILES string of the molecule is Cc1cnc2c(c1)nc(C)n2C(C)(C)OP(C)(=O)O. The molecule has 2 rings (SSSR count). The predicted molar refractivity (Wildman–Crippen MR) is 73.2 cm³/mol. The largest absolute Gasteiger partial charge is 0.327 e. The minimum atomic E-state index is -3.61. The van der Waals surface area contributed by atoms with Crippen LogP contribution >= 0.6 is 7.60 Å². The van der Waals surface area contributed by atoms with Gasteiger partial charge in [0.15, 0.2) is 11.4 Å². The van der Waals surface area contributed by atoms with Crippen LogP contribution in [0, 0.1) is 13.8 Å². The molecule has 2 aromatic rings. The second kappa shape index (κ2) is 4.40. The van der Waals surface area contributed by atoms with Gasteiger partial charge in [-0.25, -0.2) is 9.97 Å². The van der Waals surface area contributed by atoms with Gasteiger partial charge in [0.05, 0.1) is 0 Å². The molecular weight excluding hydrogens is 265 g/mol. The van der Waals surface area contributed by atoms with E-state index in [0.717, 1.165) is 11.1 Å². The van der Waals surface area contributed by atoms with E-state index in [0.29, 0.717) is 11.5 Å². The highest BCUT2D eigenvalue weighted by Gasteiger charge is 2.31. The van der Waals surface area contributed by atoms with E-state index in [-0.39, 0.29) is 0 Å². The zero-order valence-corrected chi connectivity index (χ0v) is 12.6. The zero-order valence-electron chi connectivity index (χ0n) is 11.7. The van der Waals surface area contributed by atoms with Crippen LogP contribution in [0.5, 0.6) is 0 Å². The molecule has 0 spiro atoms. The highest BCUT2D eigenvalue weighted by molar-refractivity contribution is 7.51. The summed E-state index contributed by atoms with van der Waals surface area (Å²) in [6.45, 7) is 8.36. The quantitative estimate of drug-likeness (QED) is 0.876. The first-order chi connectivity index (χ1) is 8.60. The van der Waals surface area contributed by atoms with Gasteiger partial charge in [0.1, 0.15) is 11.3 Å². The number of hydrogen-bond acceptors (Lipinski definition) is 4. The molecule has 19 heavy (non-hydrogen) atoms. The van der Waals surface area contributed by atoms with Crippen LogP contribution in [0.4, 0.5) is 0 Å². The lowest BCUT2D eigenvalue weighted by atomic mass is 10.3. The molecule has 1 atom stereocenters. The summed E-state index contributed by atoms with van der Waals surface area (Å²) < 4.78 is 18.5. The average molecular weight is 283 g/mol. The third-order valence-corrected chi connectivity index (χ3v) is 3.52. The van der Waals surface area contributed by atoms with Gasteiger partial charge in [-0.15, -0.1) is 0 Å². The molecule has 0 saturated carbocycles. The first-order valence-electron chi connectivity index (χ1n) is 5.93. The van der Waals surface area contributed by atoms with E-state index in [9.17, 15) is 9.46 Å². The number of nitrogens with zero attached hydrogens (tertiary/aromatic N) is 3. The van der Waals surface area contributed by atoms with E-state index in [2.05, 4.69) is 9.97 Å². The highest BCUT2D eigenvalue weighted by atomic mass is 31.2. The highest BCUT2D eigenvalue weighted by Crippen LogP contribution is 2.44. The summed E-state index contributed by atoms with van der Waals surface area (Å²) in [6, 6.07) is 1.92. The molecule has 0 aliphatic rings. The Bertz CT molecular complexity index is 672. The van der Waals surface area contributed by atoms with Gasteiger partial charge in [-0.2, -0.15) is 0 Å². The smallest absolute Gasteiger partial charge is 0.324 e. The molecule has 0 saturated heterocycles. The second-order valence-electron chi connectivity index (χ2n) is 5.19. The average Bonchev–Trinajstić information content (AvgIpc) is 2.49. The fourth-order valence-electron chi connectivity index (χ4n) is 2.28. The first-order valence-corrected chi connectivity index (χ1v) is 7.96. The molecule has 0 aliphatic heterocycles. The number of rotatable bonds is 3. The van der Waals surface area contributed by atoms with Crippen molar-refractivity contribution in [2.45, 2.75) is 33.4 Å². The summed E-state index contributed by atoms with van der Waals surface area (Å²) >= 11 is 0. The Morgan fingerprint density at radius 3 is 2.63 bits per heavy atom. The third kappa shape index (κ3) is 2.86. The van der Waals surface area contributed by atoms with E-state index < -0.39 is 13.3 Å². The molecule has 2 heterocycles. The molecule has 0 aliphatic carbocycles. The van der Waals surface area contributed by atoms with Crippen LogP contribution in [0.25, 0.3) is 11.2 Å². The van der Waals surface area contributed by atoms with Gasteiger partial charge >= 0.3 is 7.60 Å². The van der Waals surface area contributed by atoms with Crippen LogP contribution in [-0.2, 0) is 14.8 Å². The first kappa shape index (κ1) is 14.2. The van der Waals surface area contributed by atoms with Gasteiger partial charge in [0.2, 0.25) is 0 Å². The molecule has 0 aromatic carbocycles. The number of hydrogen-bond donors (Lipinski definition) is 1. The van der Waals surface area contributed by atoms with Crippen molar-refractivity contribution in [3.63, 3.8) is 0 Å². The third-order valence-electron chi connectivity index (χ3n) is 2.73. The Morgan fingerprint density at radius 2 is 2.05 bits per heavy atom. The predicted octanol–water partition coefficient (Wildman–Crippen LogP) is 2.57. The second-order valence-corrected chi connectivity index (χ2v) is 6.98. The summed E-state index contributed by atoms with van der Waals surface area (Å²) in [4.78, 5) is 18.2. The van der Waals surface area contributed by atoms with Gasteiger partial charge < -0.3 is 4.89 Å². The van der Waals surface area contributed by atoms with Crippen LogP contribution in [0.3, 0.4) is 0 Å². The Balaban J connectivity index is 2.61. The standard InChI is InChI=1S/C12H18N3O3P/c1-8-6-10-11(13-7-8)15(9(2)14-10)12(3,4)18-19(5,16)17/h6-7H,1-5H3,(H,16,17). The number of aromatic nitrogens is 3. The fraction of sp³-hybridized carbons (Fsp3) is 0.500. The van der Waals surface area contributed by atoms with Crippen molar-refractivity contribution in [2.75, 3.05) is 6.66 Å². The van der Waals surface area contributed by atoms with Crippen LogP contribution < -0.4 is 0 Å². The molecule has 7 heteroatoms. The maximum atomic E-state index is 11.5. The molecule has 104 valence electrons. The minimum Gasteiger partial charge on any atom is -0.324 e. The lowest BCUT2D eigenvalue weighted by Crippen LogP contribution is -2.29. The van der Waals surface area contributed by atoms with E-state index in [1.54, 1.807) is 24.6 Å². The Morgan fingerprint density at radius 1 is 1.42 bits per heavy atom. The van der Waals surface area contributed by atoms with Crippen molar-refractivity contribution in [3.05, 3.63) is 23.7 Å². The number of aryl methyl sites for hydroxylation is 2. The Labute approximate surface area is 112 Å². The topological polar surface area (TPSA) is 77.2 Å². The molecule has 6 nitrogen and oxygen atoms in total. The maximum absolute atomic E-state index is 11.5. The minimum absolute atomic E-state index is 0.640. The lowest BCUT2D eigenvalue weighted by Gasteiger charge is -2.29. The van der Waals surface area contributed by atoms with Crippen molar-refractivity contribution in [1.29, 1.82) is 0 Å². The molecule has 2 aromatic heterocycles. The molecule has 0 amide bonds. The van der Waals surface area contributed by atoms with Gasteiger partial charge in [-0.3, -0.25) is 13.7 Å². The van der Waals surface area contributed by atoms with Crippen molar-refractivity contribution < 1.29 is 14.0 Å². The van der Waals surface area contributed by atoms with E-state index in [1.807, 2.05) is 19.9 Å². The van der Waals surface area contributed by atoms with Gasteiger partial charge in [-0.05, 0) is 39.3 Å². The maximum Gasteiger partial charge on any atom is 0.327 e. The van der Waals surface area contributed by atoms with Crippen LogP contribution in [0.1, 0.15) is 25.2 Å². The van der Waals surface area contributed by atoms with Crippen molar-refractivity contribution in [2.24, 2.45) is 0 Å². The normalized spacial score (nSPS) is 15.7. The molecule has 1 N–H and O–H groups in total. The molecule has 1 unspecified atom stereocenters. The lowest BCUT2D eigenvalue weighted by molar-refractivity contribution is 0.0228. The fourth-order valence-corrected chi connectivity index (χ4v) is 3.19. The van der Waals surface area contributed by atoms with Crippen molar-refractivity contribution >= 4 is 18.8 Å². The van der Waals surface area contributed by atoms with Gasteiger partial charge in [0.25, 0.3) is 0 Å². The summed E-state index contributed by atoms with van der Waals surface area (Å²) in [7, 11) is -3.61. The molecule has 0 radical (unpaired) electrons. The summed E-state index contributed by atoms with van der Waals surface area (Å²) in [5, 5.41) is 0. The number of imidazole rings is 1. The zero-order chi connectivity index (χ0) is 14.4. The van der Waals surface area contributed by atoms with Gasteiger partial charge in [0, 0.05) is 12.9 Å². The van der Waals surface area contributed by atoms with Crippen molar-refractivity contribution in [1.82, 2.24) is 14.5 Å². The number of fused-ring (bicyclic) bond motifs is 1.